The fourth-order valence-corrected chi connectivity index (χ4v) is 2.38. The lowest BCUT2D eigenvalue weighted by Gasteiger charge is -2.19. The molecule has 0 unspecified atom stereocenters. The third-order valence-corrected chi connectivity index (χ3v) is 3.47. The molecule has 6 heteroatoms. The number of hydrogen-bond acceptors (Lipinski definition) is 4. The fourth-order valence-electron chi connectivity index (χ4n) is 2.38. The van der Waals surface area contributed by atoms with Gasteiger partial charge in [-0.2, -0.15) is 5.26 Å². The summed E-state index contributed by atoms with van der Waals surface area (Å²) in [6.07, 6.45) is 0.377. The van der Waals surface area contributed by atoms with Crippen LogP contribution in [0.2, 0.25) is 0 Å². The number of hydrogen-bond donors (Lipinski definition) is 1. The van der Waals surface area contributed by atoms with Gasteiger partial charge in [-0.15, -0.1) is 0 Å². The number of aliphatic hydroxyl groups excluding tert-OH is 1. The maximum absolute atomic E-state index is 13.3. The van der Waals surface area contributed by atoms with Gasteiger partial charge >= 0.3 is 0 Å². The summed E-state index contributed by atoms with van der Waals surface area (Å²) >= 11 is 0. The van der Waals surface area contributed by atoms with E-state index in [1.807, 2.05) is 11.5 Å². The number of aliphatic hydroxyl groups is 1. The number of aryl methyl sites for hydroxylation is 1. The molecule has 0 amide bonds. The first-order valence-corrected chi connectivity index (χ1v) is 7.04. The Kier molecular flexibility index (Phi) is 5.26. The first-order valence-electron chi connectivity index (χ1n) is 7.04. The van der Waals surface area contributed by atoms with Crippen LogP contribution >= 0.6 is 0 Å². The van der Waals surface area contributed by atoms with Crippen LogP contribution in [0.1, 0.15) is 19.2 Å². The fraction of sp³-hybridized carbons (Fsp3) is 0.467. The van der Waals surface area contributed by atoms with Crippen molar-refractivity contribution in [2.75, 3.05) is 19.7 Å². The predicted molar refractivity (Wildman–Crippen MR) is 78.0 cm³/mol. The van der Waals surface area contributed by atoms with E-state index in [1.165, 1.54) is 12.1 Å². The smallest absolute Gasteiger partial charge is 0.125 e. The summed E-state index contributed by atoms with van der Waals surface area (Å²) in [4.78, 5) is 6.54. The van der Waals surface area contributed by atoms with Gasteiger partial charge < -0.3 is 9.67 Å². The number of fused-ring (bicyclic) bond motifs is 1. The summed E-state index contributed by atoms with van der Waals surface area (Å²) < 4.78 is 15.3. The van der Waals surface area contributed by atoms with E-state index in [2.05, 4.69) is 16.0 Å². The van der Waals surface area contributed by atoms with E-state index in [-0.39, 0.29) is 12.4 Å². The molecule has 0 aliphatic rings. The van der Waals surface area contributed by atoms with Crippen molar-refractivity contribution in [3.63, 3.8) is 0 Å². The highest BCUT2D eigenvalue weighted by atomic mass is 19.1. The Morgan fingerprint density at radius 1 is 1.48 bits per heavy atom. The van der Waals surface area contributed by atoms with Gasteiger partial charge in [-0.25, -0.2) is 9.37 Å². The van der Waals surface area contributed by atoms with Gasteiger partial charge in [-0.1, -0.05) is 6.92 Å². The highest BCUT2D eigenvalue weighted by Crippen LogP contribution is 2.19. The van der Waals surface area contributed by atoms with Gasteiger partial charge in [0.25, 0.3) is 0 Å². The summed E-state index contributed by atoms with van der Waals surface area (Å²) in [5, 5.41) is 17.9. The van der Waals surface area contributed by atoms with Crippen LogP contribution in [0.3, 0.4) is 0 Å². The molecule has 1 aromatic carbocycles. The number of halogens is 1. The molecule has 0 aliphatic heterocycles. The molecule has 2 rings (SSSR count). The topological polar surface area (TPSA) is 65.1 Å². The average Bonchev–Trinajstić information content (AvgIpc) is 2.80. The maximum Gasteiger partial charge on any atom is 0.125 e. The lowest BCUT2D eigenvalue weighted by Crippen LogP contribution is -2.27. The van der Waals surface area contributed by atoms with Crippen molar-refractivity contribution in [3.05, 3.63) is 29.8 Å². The van der Waals surface area contributed by atoms with Gasteiger partial charge in [-0.3, -0.25) is 4.90 Å². The number of imidazole rings is 1. The number of nitriles is 1. The average molecular weight is 290 g/mol. The van der Waals surface area contributed by atoms with Crippen molar-refractivity contribution in [2.24, 2.45) is 0 Å². The predicted octanol–water partition coefficient (Wildman–Crippen LogP) is 1.90. The molecule has 112 valence electrons. The molecule has 0 aliphatic carbocycles. The molecule has 0 fully saturated rings. The number of rotatable bonds is 7. The molecule has 1 aromatic heterocycles. The molecule has 0 bridgehead atoms. The van der Waals surface area contributed by atoms with Crippen LogP contribution in [-0.2, 0) is 13.1 Å². The van der Waals surface area contributed by atoms with Crippen LogP contribution in [0.15, 0.2) is 18.2 Å². The van der Waals surface area contributed by atoms with E-state index in [9.17, 15) is 4.39 Å². The summed E-state index contributed by atoms with van der Waals surface area (Å²) in [5.74, 6) is 0.475. The number of nitrogens with zero attached hydrogens (tertiary/aromatic N) is 4. The van der Waals surface area contributed by atoms with Crippen molar-refractivity contribution in [1.82, 2.24) is 14.5 Å². The normalized spacial score (nSPS) is 11.2. The van der Waals surface area contributed by atoms with Crippen LogP contribution in [0.4, 0.5) is 4.39 Å². The zero-order chi connectivity index (χ0) is 15.2. The molecular formula is C15H19FN4O. The lowest BCUT2D eigenvalue weighted by molar-refractivity contribution is 0.192. The SMILES string of the molecule is CCN(CCO)Cc1nc2cc(F)ccc2n1CCC#N. The molecular weight excluding hydrogens is 271 g/mol. The molecule has 0 saturated carbocycles. The lowest BCUT2D eigenvalue weighted by atomic mass is 10.3. The molecule has 0 atom stereocenters. The Bertz CT molecular complexity index is 647. The van der Waals surface area contributed by atoms with Gasteiger partial charge in [0.05, 0.1) is 36.7 Å². The second-order valence-corrected chi connectivity index (χ2v) is 4.81. The van der Waals surface area contributed by atoms with Crippen LogP contribution in [0, 0.1) is 17.1 Å². The molecule has 21 heavy (non-hydrogen) atoms. The van der Waals surface area contributed by atoms with E-state index in [0.29, 0.717) is 31.6 Å². The van der Waals surface area contributed by atoms with Crippen molar-refractivity contribution < 1.29 is 9.50 Å². The molecule has 0 spiro atoms. The van der Waals surface area contributed by atoms with Crippen LogP contribution in [-0.4, -0.2) is 39.3 Å². The first kappa shape index (κ1) is 15.4. The minimum atomic E-state index is -0.318. The molecule has 0 saturated heterocycles. The quantitative estimate of drug-likeness (QED) is 0.846. The van der Waals surface area contributed by atoms with Crippen LogP contribution in [0.25, 0.3) is 11.0 Å². The highest BCUT2D eigenvalue weighted by molar-refractivity contribution is 5.76. The van der Waals surface area contributed by atoms with Crippen molar-refractivity contribution >= 4 is 11.0 Å². The Morgan fingerprint density at radius 2 is 2.29 bits per heavy atom. The Hall–Kier alpha value is -1.97. The number of benzene rings is 1. The number of aromatic nitrogens is 2. The van der Waals surface area contributed by atoms with E-state index < -0.39 is 0 Å². The zero-order valence-corrected chi connectivity index (χ0v) is 12.1. The summed E-state index contributed by atoms with van der Waals surface area (Å²) in [5.41, 5.74) is 1.43. The minimum Gasteiger partial charge on any atom is -0.395 e. The third kappa shape index (κ3) is 3.57. The van der Waals surface area contributed by atoms with Crippen molar-refractivity contribution in [3.8, 4) is 6.07 Å². The molecule has 5 nitrogen and oxygen atoms in total. The molecule has 2 aromatic rings. The summed E-state index contributed by atoms with van der Waals surface area (Å²) in [6.45, 7) is 4.55. The summed E-state index contributed by atoms with van der Waals surface area (Å²) in [7, 11) is 0. The summed E-state index contributed by atoms with van der Waals surface area (Å²) in [6, 6.07) is 6.63. The van der Waals surface area contributed by atoms with E-state index in [1.54, 1.807) is 6.07 Å². The van der Waals surface area contributed by atoms with Crippen molar-refractivity contribution in [1.29, 1.82) is 5.26 Å². The van der Waals surface area contributed by atoms with Gasteiger partial charge in [0.2, 0.25) is 0 Å². The Labute approximate surface area is 123 Å². The molecule has 1 N–H and O–H groups in total. The largest absolute Gasteiger partial charge is 0.395 e. The molecule has 0 radical (unpaired) electrons. The van der Waals surface area contributed by atoms with Crippen LogP contribution < -0.4 is 0 Å². The van der Waals surface area contributed by atoms with Gasteiger partial charge in [0.15, 0.2) is 0 Å². The van der Waals surface area contributed by atoms with Gasteiger partial charge in [-0.05, 0) is 18.7 Å². The first-order chi connectivity index (χ1) is 10.2. The second kappa shape index (κ2) is 7.16. The zero-order valence-electron chi connectivity index (χ0n) is 12.1. The highest BCUT2D eigenvalue weighted by Gasteiger charge is 2.14. The van der Waals surface area contributed by atoms with Crippen molar-refractivity contribution in [2.45, 2.75) is 26.4 Å². The van der Waals surface area contributed by atoms with E-state index in [0.717, 1.165) is 17.9 Å². The molecule has 1 heterocycles. The van der Waals surface area contributed by atoms with E-state index in [4.69, 9.17) is 10.4 Å². The van der Waals surface area contributed by atoms with Crippen LogP contribution in [0.5, 0.6) is 0 Å². The number of likely N-dealkylation sites (N-methyl/N-ethyl adjacent to an activating group) is 1. The van der Waals surface area contributed by atoms with Gasteiger partial charge in [0.1, 0.15) is 11.6 Å². The van der Waals surface area contributed by atoms with E-state index >= 15 is 0 Å². The standard InChI is InChI=1S/C15H19FN4O/c1-2-19(8-9-21)11-15-18-13-10-12(16)4-5-14(13)20(15)7-3-6-17/h4-5,10,21H,2-3,7-9,11H2,1H3. The maximum atomic E-state index is 13.3. The third-order valence-electron chi connectivity index (χ3n) is 3.47. The van der Waals surface area contributed by atoms with Gasteiger partial charge in [0, 0.05) is 19.2 Å². The monoisotopic (exact) mass is 290 g/mol. The Morgan fingerprint density at radius 3 is 2.95 bits per heavy atom. The second-order valence-electron chi connectivity index (χ2n) is 4.81. The Balaban J connectivity index is 2.38. The minimum absolute atomic E-state index is 0.0842.